The summed E-state index contributed by atoms with van der Waals surface area (Å²) < 4.78 is 5.90. The van der Waals surface area contributed by atoms with Crippen LogP contribution in [0.3, 0.4) is 0 Å². The van der Waals surface area contributed by atoms with Crippen LogP contribution in [0.5, 0.6) is 0 Å². The lowest BCUT2D eigenvalue weighted by molar-refractivity contribution is -0.0365. The van der Waals surface area contributed by atoms with E-state index in [-0.39, 0.29) is 18.2 Å². The molecule has 0 saturated carbocycles. The Hall–Kier alpha value is -1.40. The molecule has 0 aliphatic carbocycles. The molecule has 2 aliphatic heterocycles. The summed E-state index contributed by atoms with van der Waals surface area (Å²) in [5, 5.41) is 21.4. The Labute approximate surface area is 142 Å². The minimum absolute atomic E-state index is 0.161. The van der Waals surface area contributed by atoms with Gasteiger partial charge in [-0.2, -0.15) is 0 Å². The number of nitrogens with zero attached hydrogens (tertiary/aromatic N) is 2. The molecular weight excluding hydrogens is 304 g/mol. The van der Waals surface area contributed by atoms with Gasteiger partial charge in [0.05, 0.1) is 18.8 Å². The van der Waals surface area contributed by atoms with E-state index in [1.54, 1.807) is 0 Å². The number of hydrogen-bond donors (Lipinski definition) is 2. The van der Waals surface area contributed by atoms with Crippen LogP contribution in [-0.4, -0.2) is 64.4 Å². The first-order valence-corrected chi connectivity index (χ1v) is 8.99. The van der Waals surface area contributed by atoms with E-state index >= 15 is 0 Å². The Morgan fingerprint density at radius 2 is 1.83 bits per heavy atom. The van der Waals surface area contributed by atoms with Crippen molar-refractivity contribution in [2.45, 2.75) is 44.1 Å². The molecule has 3 heterocycles. The summed E-state index contributed by atoms with van der Waals surface area (Å²) in [5.74, 6) is 0.961. The number of benzene rings is 1. The lowest BCUT2D eigenvalue weighted by Gasteiger charge is -2.43. The third-order valence-electron chi connectivity index (χ3n) is 5.45. The number of β-amino-alcohol motifs (C(OH)–C–C–N with tert-alkyl or cyclic N) is 1. The second kappa shape index (κ2) is 6.84. The summed E-state index contributed by atoms with van der Waals surface area (Å²) in [6, 6.07) is 10.4. The van der Waals surface area contributed by atoms with Gasteiger partial charge in [0.15, 0.2) is 0 Å². The molecule has 2 N–H and O–H groups in total. The molecule has 0 unspecified atom stereocenters. The maximum absolute atomic E-state index is 10.6. The lowest BCUT2D eigenvalue weighted by atomic mass is 9.96. The molecule has 2 atom stereocenters. The Morgan fingerprint density at radius 1 is 1.04 bits per heavy atom. The summed E-state index contributed by atoms with van der Waals surface area (Å²) in [6.07, 6.45) is 2.12. The molecule has 5 heteroatoms. The first-order chi connectivity index (χ1) is 11.7. The van der Waals surface area contributed by atoms with Crippen molar-refractivity contribution in [2.24, 2.45) is 0 Å². The fourth-order valence-corrected chi connectivity index (χ4v) is 4.11. The first-order valence-electron chi connectivity index (χ1n) is 8.99. The predicted octanol–water partition coefficient (Wildman–Crippen LogP) is 1.82. The van der Waals surface area contributed by atoms with E-state index in [1.165, 1.54) is 0 Å². The third-order valence-corrected chi connectivity index (χ3v) is 5.45. The summed E-state index contributed by atoms with van der Waals surface area (Å²) in [6.45, 7) is 4.19. The average molecular weight is 330 g/mol. The minimum atomic E-state index is -0.335. The van der Waals surface area contributed by atoms with Crippen LogP contribution in [0.2, 0.25) is 0 Å². The third kappa shape index (κ3) is 3.35. The number of hydrogen-bond acceptors (Lipinski definition) is 5. The molecular formula is C19H26N2O3. The molecule has 1 aromatic heterocycles. The molecule has 2 saturated heterocycles. The maximum atomic E-state index is 10.6. The van der Waals surface area contributed by atoms with Crippen molar-refractivity contribution in [1.29, 1.82) is 0 Å². The molecule has 1 aromatic carbocycles. The van der Waals surface area contributed by atoms with Crippen LogP contribution in [-0.2, 0) is 6.54 Å². The largest absolute Gasteiger partial charge is 0.460 e. The summed E-state index contributed by atoms with van der Waals surface area (Å²) in [7, 11) is 0. The van der Waals surface area contributed by atoms with E-state index in [1.807, 2.05) is 18.2 Å². The molecule has 0 amide bonds. The number of para-hydroxylation sites is 1. The molecule has 130 valence electrons. The molecule has 2 aliphatic rings. The van der Waals surface area contributed by atoms with Crippen molar-refractivity contribution in [3.05, 3.63) is 36.1 Å². The molecule has 5 nitrogen and oxygen atoms in total. The average Bonchev–Trinajstić information content (AvgIpc) is 2.98. The van der Waals surface area contributed by atoms with Gasteiger partial charge in [-0.05, 0) is 31.4 Å². The maximum Gasteiger partial charge on any atom is 0.134 e. The molecule has 0 spiro atoms. The van der Waals surface area contributed by atoms with Crippen LogP contribution >= 0.6 is 0 Å². The monoisotopic (exact) mass is 330 g/mol. The molecule has 0 bridgehead atoms. The Balaban J connectivity index is 1.36. The van der Waals surface area contributed by atoms with Crippen LogP contribution in [0.15, 0.2) is 34.7 Å². The molecule has 2 fully saturated rings. The molecule has 4 rings (SSSR count). The molecule has 0 radical (unpaired) electrons. The fraction of sp³-hybridized carbons (Fsp3) is 0.579. The van der Waals surface area contributed by atoms with Gasteiger partial charge in [0.1, 0.15) is 11.3 Å². The number of likely N-dealkylation sites (tertiary alicyclic amines) is 2. The van der Waals surface area contributed by atoms with Crippen LogP contribution in [0.25, 0.3) is 11.0 Å². The first kappa shape index (κ1) is 16.1. The van der Waals surface area contributed by atoms with Crippen molar-refractivity contribution in [2.75, 3.05) is 26.2 Å². The van der Waals surface area contributed by atoms with E-state index in [2.05, 4.69) is 21.9 Å². The molecule has 2 aromatic rings. The van der Waals surface area contributed by atoms with E-state index in [0.717, 1.165) is 62.2 Å². The number of rotatable bonds is 3. The van der Waals surface area contributed by atoms with E-state index in [0.29, 0.717) is 6.54 Å². The van der Waals surface area contributed by atoms with Crippen LogP contribution < -0.4 is 0 Å². The highest BCUT2D eigenvalue weighted by molar-refractivity contribution is 5.77. The van der Waals surface area contributed by atoms with Crippen molar-refractivity contribution in [3.63, 3.8) is 0 Å². The van der Waals surface area contributed by atoms with Gasteiger partial charge in [-0.25, -0.2) is 0 Å². The standard InChI is InChI=1S/C19H26N2O3/c22-15-5-9-21(10-6-15)17-7-8-20(13-18(17)23)12-16-11-14-3-1-2-4-19(14)24-16/h1-4,11,15,17-18,22-23H,5-10,12-13H2/t17-,18-/m1/s1. The van der Waals surface area contributed by atoms with Gasteiger partial charge < -0.3 is 14.6 Å². The minimum Gasteiger partial charge on any atom is -0.460 e. The van der Waals surface area contributed by atoms with Gasteiger partial charge in [0.25, 0.3) is 0 Å². The summed E-state index contributed by atoms with van der Waals surface area (Å²) in [4.78, 5) is 4.63. The Morgan fingerprint density at radius 3 is 2.58 bits per heavy atom. The highest BCUT2D eigenvalue weighted by Gasteiger charge is 2.33. The number of fused-ring (bicyclic) bond motifs is 1. The number of aliphatic hydroxyl groups is 2. The van der Waals surface area contributed by atoms with Crippen LogP contribution in [0, 0.1) is 0 Å². The van der Waals surface area contributed by atoms with Crippen molar-refractivity contribution >= 4 is 11.0 Å². The van der Waals surface area contributed by atoms with Crippen LogP contribution in [0.4, 0.5) is 0 Å². The number of piperidine rings is 2. The van der Waals surface area contributed by atoms with Gasteiger partial charge in [-0.1, -0.05) is 18.2 Å². The quantitative estimate of drug-likeness (QED) is 0.899. The van der Waals surface area contributed by atoms with E-state index < -0.39 is 0 Å². The zero-order valence-corrected chi connectivity index (χ0v) is 14.0. The fourth-order valence-electron chi connectivity index (χ4n) is 4.11. The zero-order valence-electron chi connectivity index (χ0n) is 14.0. The lowest BCUT2D eigenvalue weighted by Crippen LogP contribution is -2.55. The highest BCUT2D eigenvalue weighted by atomic mass is 16.3. The van der Waals surface area contributed by atoms with Gasteiger partial charge in [-0.15, -0.1) is 0 Å². The zero-order chi connectivity index (χ0) is 16.5. The van der Waals surface area contributed by atoms with Gasteiger partial charge in [0.2, 0.25) is 0 Å². The second-order valence-electron chi connectivity index (χ2n) is 7.18. The molecule has 24 heavy (non-hydrogen) atoms. The van der Waals surface area contributed by atoms with Crippen LogP contribution in [0.1, 0.15) is 25.0 Å². The van der Waals surface area contributed by atoms with E-state index in [4.69, 9.17) is 4.42 Å². The van der Waals surface area contributed by atoms with E-state index in [9.17, 15) is 10.2 Å². The Kier molecular flexibility index (Phi) is 4.59. The highest BCUT2D eigenvalue weighted by Crippen LogP contribution is 2.24. The van der Waals surface area contributed by atoms with Crippen molar-refractivity contribution < 1.29 is 14.6 Å². The summed E-state index contributed by atoms with van der Waals surface area (Å²) >= 11 is 0. The predicted molar refractivity (Wildman–Crippen MR) is 92.7 cm³/mol. The smallest absolute Gasteiger partial charge is 0.134 e. The van der Waals surface area contributed by atoms with Crippen molar-refractivity contribution in [3.8, 4) is 0 Å². The number of aliphatic hydroxyl groups excluding tert-OH is 2. The van der Waals surface area contributed by atoms with Gasteiger partial charge >= 0.3 is 0 Å². The van der Waals surface area contributed by atoms with Gasteiger partial charge in [0, 0.05) is 37.6 Å². The SMILES string of the molecule is OC1CCN([C@@H]2CCN(Cc3cc4ccccc4o3)C[C@H]2O)CC1. The topological polar surface area (TPSA) is 60.1 Å². The normalized spacial score (nSPS) is 27.8. The number of furan rings is 1. The summed E-state index contributed by atoms with van der Waals surface area (Å²) in [5.41, 5.74) is 0.926. The Bertz CT molecular complexity index is 645. The van der Waals surface area contributed by atoms with Gasteiger partial charge in [-0.3, -0.25) is 9.80 Å². The van der Waals surface area contributed by atoms with Crippen molar-refractivity contribution in [1.82, 2.24) is 9.80 Å². The second-order valence-corrected chi connectivity index (χ2v) is 7.18.